The van der Waals surface area contributed by atoms with Crippen molar-refractivity contribution in [3.8, 4) is 0 Å². The number of carbonyl (C=O) groups is 1. The maximum absolute atomic E-state index is 12.4. The SMILES string of the molecule is CN=C(NCC(=O)N1CCc2sccc2C1)NC1CC=CC1.I. The van der Waals surface area contributed by atoms with E-state index in [0.717, 1.165) is 32.4 Å². The largest absolute Gasteiger partial charge is 0.353 e. The molecule has 1 aliphatic carbocycles. The standard InChI is InChI=1S/C16H22N4OS.HI/c1-17-16(19-13-4-2-3-5-13)18-10-15(21)20-8-6-14-12(11-20)7-9-22-14;/h2-3,7,9,13H,4-6,8,10-11H2,1H3,(H2,17,18,19);1H. The predicted octanol–water partition coefficient (Wildman–Crippen LogP) is 2.13. The van der Waals surface area contributed by atoms with Crippen LogP contribution in [0.2, 0.25) is 0 Å². The molecule has 0 bridgehead atoms. The Morgan fingerprint density at radius 1 is 1.43 bits per heavy atom. The molecule has 0 saturated heterocycles. The van der Waals surface area contributed by atoms with Crippen LogP contribution >= 0.6 is 35.3 Å². The summed E-state index contributed by atoms with van der Waals surface area (Å²) in [5.74, 6) is 0.833. The van der Waals surface area contributed by atoms with Crippen LogP contribution in [0.25, 0.3) is 0 Å². The first-order valence-electron chi connectivity index (χ1n) is 7.71. The van der Waals surface area contributed by atoms with Crippen LogP contribution in [-0.4, -0.2) is 42.9 Å². The topological polar surface area (TPSA) is 56.7 Å². The molecule has 3 rings (SSSR count). The number of nitrogens with one attached hydrogen (secondary N) is 2. The lowest BCUT2D eigenvalue weighted by Crippen LogP contribution is -2.47. The fraction of sp³-hybridized carbons (Fsp3) is 0.500. The molecule has 1 aromatic rings. The second-order valence-corrected chi connectivity index (χ2v) is 6.64. The highest BCUT2D eigenvalue weighted by molar-refractivity contribution is 14.0. The monoisotopic (exact) mass is 446 g/mol. The van der Waals surface area contributed by atoms with Gasteiger partial charge in [0.1, 0.15) is 0 Å². The van der Waals surface area contributed by atoms with Crippen LogP contribution in [0.1, 0.15) is 23.3 Å². The molecule has 1 amide bonds. The molecule has 1 aliphatic heterocycles. The molecule has 7 heteroatoms. The molecule has 23 heavy (non-hydrogen) atoms. The van der Waals surface area contributed by atoms with Crippen molar-refractivity contribution >= 4 is 47.2 Å². The number of nitrogens with zero attached hydrogens (tertiary/aromatic N) is 2. The Bertz CT molecular complexity index is 591. The van der Waals surface area contributed by atoms with Crippen molar-refractivity contribution in [3.63, 3.8) is 0 Å². The summed E-state index contributed by atoms with van der Waals surface area (Å²) in [6, 6.07) is 2.52. The zero-order valence-corrected chi connectivity index (χ0v) is 16.4. The summed E-state index contributed by atoms with van der Waals surface area (Å²) in [6.07, 6.45) is 7.34. The first kappa shape index (κ1) is 18.3. The van der Waals surface area contributed by atoms with E-state index < -0.39 is 0 Å². The number of rotatable bonds is 3. The minimum Gasteiger partial charge on any atom is -0.353 e. The van der Waals surface area contributed by atoms with Gasteiger partial charge in [-0.1, -0.05) is 12.2 Å². The Labute approximate surface area is 158 Å². The molecule has 0 spiro atoms. The van der Waals surface area contributed by atoms with E-state index in [-0.39, 0.29) is 29.9 Å². The smallest absolute Gasteiger partial charge is 0.242 e. The van der Waals surface area contributed by atoms with Gasteiger partial charge in [0.05, 0.1) is 6.54 Å². The van der Waals surface area contributed by atoms with E-state index in [1.54, 1.807) is 18.4 Å². The number of carbonyl (C=O) groups excluding carboxylic acids is 1. The molecule has 0 aromatic carbocycles. The van der Waals surface area contributed by atoms with E-state index >= 15 is 0 Å². The fourth-order valence-corrected chi connectivity index (χ4v) is 3.75. The lowest BCUT2D eigenvalue weighted by molar-refractivity contribution is -0.130. The highest BCUT2D eigenvalue weighted by Gasteiger charge is 2.21. The Morgan fingerprint density at radius 3 is 2.96 bits per heavy atom. The number of fused-ring (bicyclic) bond motifs is 1. The van der Waals surface area contributed by atoms with Gasteiger partial charge in [0.2, 0.25) is 5.91 Å². The van der Waals surface area contributed by atoms with Crippen molar-refractivity contribution in [2.75, 3.05) is 20.1 Å². The molecule has 2 heterocycles. The van der Waals surface area contributed by atoms with Crippen LogP contribution in [0.4, 0.5) is 0 Å². The number of thiophene rings is 1. The summed E-state index contributed by atoms with van der Waals surface area (Å²) >= 11 is 1.79. The molecule has 0 saturated carbocycles. The number of hydrogen-bond donors (Lipinski definition) is 2. The second kappa shape index (κ2) is 8.68. The van der Waals surface area contributed by atoms with E-state index in [4.69, 9.17) is 0 Å². The minimum absolute atomic E-state index is 0. The fourth-order valence-electron chi connectivity index (χ4n) is 2.86. The van der Waals surface area contributed by atoms with E-state index in [9.17, 15) is 4.79 Å². The van der Waals surface area contributed by atoms with E-state index in [0.29, 0.717) is 18.5 Å². The van der Waals surface area contributed by atoms with Gasteiger partial charge in [-0.15, -0.1) is 35.3 Å². The third-order valence-corrected chi connectivity index (χ3v) is 5.16. The van der Waals surface area contributed by atoms with Crippen LogP contribution in [0.3, 0.4) is 0 Å². The summed E-state index contributed by atoms with van der Waals surface area (Å²) in [5, 5.41) is 8.59. The van der Waals surface area contributed by atoms with E-state index in [2.05, 4.69) is 39.2 Å². The summed E-state index contributed by atoms with van der Waals surface area (Å²) < 4.78 is 0. The van der Waals surface area contributed by atoms with Crippen LogP contribution < -0.4 is 10.6 Å². The lowest BCUT2D eigenvalue weighted by Gasteiger charge is -2.27. The summed E-state index contributed by atoms with van der Waals surface area (Å²) in [6.45, 7) is 1.84. The summed E-state index contributed by atoms with van der Waals surface area (Å²) in [4.78, 5) is 19.9. The number of aliphatic imine (C=N–C) groups is 1. The average molecular weight is 446 g/mol. The number of guanidine groups is 1. The maximum Gasteiger partial charge on any atom is 0.242 e. The third kappa shape index (κ3) is 4.69. The van der Waals surface area contributed by atoms with Crippen molar-refractivity contribution < 1.29 is 4.79 Å². The van der Waals surface area contributed by atoms with Crippen molar-refractivity contribution in [1.29, 1.82) is 0 Å². The van der Waals surface area contributed by atoms with Crippen LogP contribution in [0.15, 0.2) is 28.6 Å². The van der Waals surface area contributed by atoms with Crippen molar-refractivity contribution in [2.45, 2.75) is 31.8 Å². The molecule has 2 N–H and O–H groups in total. The molecule has 5 nitrogen and oxygen atoms in total. The zero-order valence-electron chi connectivity index (χ0n) is 13.2. The molecular weight excluding hydrogens is 423 g/mol. The molecule has 2 aliphatic rings. The van der Waals surface area contributed by atoms with Gasteiger partial charge >= 0.3 is 0 Å². The molecule has 0 radical (unpaired) electrons. The molecule has 0 unspecified atom stereocenters. The molecule has 126 valence electrons. The number of hydrogen-bond acceptors (Lipinski definition) is 3. The van der Waals surface area contributed by atoms with Gasteiger partial charge in [0, 0.05) is 31.1 Å². The normalized spacial score (nSPS) is 17.6. The summed E-state index contributed by atoms with van der Waals surface area (Å²) in [5.41, 5.74) is 1.30. The van der Waals surface area contributed by atoms with Crippen LogP contribution in [0.5, 0.6) is 0 Å². The first-order valence-corrected chi connectivity index (χ1v) is 8.59. The predicted molar refractivity (Wildman–Crippen MR) is 106 cm³/mol. The van der Waals surface area contributed by atoms with Gasteiger partial charge in [-0.05, 0) is 36.3 Å². The quantitative estimate of drug-likeness (QED) is 0.324. The minimum atomic E-state index is 0. The molecular formula is C16H23IN4OS. The second-order valence-electron chi connectivity index (χ2n) is 5.64. The Hall–Kier alpha value is -1.09. The number of amides is 1. The average Bonchev–Trinajstić information content (AvgIpc) is 3.21. The van der Waals surface area contributed by atoms with Gasteiger partial charge in [-0.25, -0.2) is 0 Å². The molecule has 0 atom stereocenters. The van der Waals surface area contributed by atoms with Crippen molar-refractivity contribution in [1.82, 2.24) is 15.5 Å². The van der Waals surface area contributed by atoms with Gasteiger partial charge < -0.3 is 15.5 Å². The Kier molecular flexibility index (Phi) is 6.88. The van der Waals surface area contributed by atoms with Crippen LogP contribution in [0, 0.1) is 0 Å². The summed E-state index contributed by atoms with van der Waals surface area (Å²) in [7, 11) is 1.74. The highest BCUT2D eigenvalue weighted by atomic mass is 127. The van der Waals surface area contributed by atoms with Gasteiger partial charge in [-0.3, -0.25) is 9.79 Å². The Balaban J connectivity index is 0.00000192. The maximum atomic E-state index is 12.4. The van der Waals surface area contributed by atoms with Crippen molar-refractivity contribution in [3.05, 3.63) is 34.0 Å². The molecule has 1 aromatic heterocycles. The van der Waals surface area contributed by atoms with Gasteiger partial charge in [0.15, 0.2) is 5.96 Å². The van der Waals surface area contributed by atoms with Gasteiger partial charge in [-0.2, -0.15) is 0 Å². The Morgan fingerprint density at radius 2 is 2.22 bits per heavy atom. The van der Waals surface area contributed by atoms with Crippen LogP contribution in [-0.2, 0) is 17.8 Å². The van der Waals surface area contributed by atoms with Crippen molar-refractivity contribution in [2.24, 2.45) is 4.99 Å². The number of halogens is 1. The van der Waals surface area contributed by atoms with E-state index in [1.165, 1.54) is 10.4 Å². The lowest BCUT2D eigenvalue weighted by atomic mass is 10.1. The van der Waals surface area contributed by atoms with E-state index in [1.807, 2.05) is 4.90 Å². The zero-order chi connectivity index (χ0) is 15.4. The highest BCUT2D eigenvalue weighted by Crippen LogP contribution is 2.23. The third-order valence-electron chi connectivity index (χ3n) is 4.14. The molecule has 0 fully saturated rings. The van der Waals surface area contributed by atoms with Gasteiger partial charge in [0.25, 0.3) is 0 Å². The first-order chi connectivity index (χ1) is 10.8.